The summed E-state index contributed by atoms with van der Waals surface area (Å²) in [7, 11) is -3.29. The highest BCUT2D eigenvalue weighted by atomic mass is 35.5. The number of Topliss-reactive ketones (excluding diaryl/α,β-unsaturated/α-hetero) is 1. The monoisotopic (exact) mass is 464 g/mol. The predicted octanol–water partition coefficient (Wildman–Crippen LogP) is 5.77. The second-order valence-corrected chi connectivity index (χ2v) is 10.1. The van der Waals surface area contributed by atoms with Crippen LogP contribution in [0.1, 0.15) is 23.0 Å². The second-order valence-electron chi connectivity index (χ2n) is 7.65. The minimum Gasteiger partial charge on any atom is -0.299 e. The molecule has 0 radical (unpaired) electrons. The van der Waals surface area contributed by atoms with Crippen molar-refractivity contribution in [1.82, 2.24) is 9.55 Å². The van der Waals surface area contributed by atoms with Crippen LogP contribution < -0.4 is 0 Å². The Morgan fingerprint density at radius 3 is 2.28 bits per heavy atom. The Morgan fingerprint density at radius 2 is 1.66 bits per heavy atom. The third-order valence-corrected chi connectivity index (χ3v) is 6.68. The summed E-state index contributed by atoms with van der Waals surface area (Å²) in [6, 6.07) is 20.1. The number of benzene rings is 3. The van der Waals surface area contributed by atoms with Crippen molar-refractivity contribution in [3.05, 3.63) is 89.2 Å². The molecule has 0 bridgehead atoms. The van der Waals surface area contributed by atoms with Crippen LogP contribution in [0.3, 0.4) is 0 Å². The van der Waals surface area contributed by atoms with Gasteiger partial charge in [-0.2, -0.15) is 0 Å². The zero-order chi connectivity index (χ0) is 23.0. The van der Waals surface area contributed by atoms with E-state index in [-0.39, 0.29) is 10.7 Å². The Hall–Kier alpha value is -3.22. The van der Waals surface area contributed by atoms with Crippen LogP contribution in [0.15, 0.2) is 77.8 Å². The van der Waals surface area contributed by atoms with E-state index in [1.165, 1.54) is 13.2 Å². The highest BCUT2D eigenvalue weighted by Gasteiger charge is 2.18. The average Bonchev–Trinajstić information content (AvgIpc) is 3.19. The van der Waals surface area contributed by atoms with Crippen molar-refractivity contribution in [2.24, 2.45) is 0 Å². The number of hydrogen-bond acceptors (Lipinski definition) is 4. The standard InChI is InChI=1S/C25H21ClN2O3S/c1-16-6-4-9-22(26)24(16)25-27-23(17(2)29)15-28(25)20-12-10-18(11-13-20)19-7-5-8-21(14-19)32(3,30)31/h4-15H,1-3H3. The summed E-state index contributed by atoms with van der Waals surface area (Å²) in [6.07, 6.45) is 2.90. The van der Waals surface area contributed by atoms with Crippen molar-refractivity contribution in [2.45, 2.75) is 18.7 Å². The molecule has 1 aromatic heterocycles. The first kappa shape index (κ1) is 22.0. The molecule has 0 saturated heterocycles. The molecule has 0 aliphatic heterocycles. The zero-order valence-electron chi connectivity index (χ0n) is 17.8. The van der Waals surface area contributed by atoms with Gasteiger partial charge in [-0.1, -0.05) is 48.0 Å². The molecule has 1 heterocycles. The number of hydrogen-bond donors (Lipinski definition) is 0. The molecule has 32 heavy (non-hydrogen) atoms. The quantitative estimate of drug-likeness (QED) is 0.351. The highest BCUT2D eigenvalue weighted by Crippen LogP contribution is 2.33. The number of sulfone groups is 1. The lowest BCUT2D eigenvalue weighted by atomic mass is 10.1. The van der Waals surface area contributed by atoms with Gasteiger partial charge >= 0.3 is 0 Å². The number of nitrogens with zero attached hydrogens (tertiary/aromatic N) is 2. The fraction of sp³-hybridized carbons (Fsp3) is 0.120. The van der Waals surface area contributed by atoms with Crippen LogP contribution in [0.4, 0.5) is 0 Å². The number of aromatic nitrogens is 2. The van der Waals surface area contributed by atoms with Gasteiger partial charge in [-0.3, -0.25) is 9.36 Å². The van der Waals surface area contributed by atoms with E-state index >= 15 is 0 Å². The zero-order valence-corrected chi connectivity index (χ0v) is 19.4. The minimum absolute atomic E-state index is 0.135. The van der Waals surface area contributed by atoms with E-state index in [4.69, 9.17) is 11.6 Å². The van der Waals surface area contributed by atoms with Gasteiger partial charge in [0.15, 0.2) is 15.6 Å². The third kappa shape index (κ3) is 4.24. The number of halogens is 1. The van der Waals surface area contributed by atoms with Crippen LogP contribution in [0.2, 0.25) is 5.02 Å². The molecule has 7 heteroatoms. The Kier molecular flexibility index (Phi) is 5.75. The summed E-state index contributed by atoms with van der Waals surface area (Å²) in [4.78, 5) is 16.9. The third-order valence-electron chi connectivity index (χ3n) is 5.25. The van der Waals surface area contributed by atoms with Gasteiger partial charge in [0.2, 0.25) is 0 Å². The van der Waals surface area contributed by atoms with Gasteiger partial charge in [0.1, 0.15) is 11.5 Å². The van der Waals surface area contributed by atoms with E-state index in [2.05, 4.69) is 4.98 Å². The molecular formula is C25H21ClN2O3S. The lowest BCUT2D eigenvalue weighted by Crippen LogP contribution is -1.99. The molecule has 0 N–H and O–H groups in total. The van der Waals surface area contributed by atoms with Gasteiger partial charge in [-0.15, -0.1) is 0 Å². The molecule has 5 nitrogen and oxygen atoms in total. The normalized spacial score (nSPS) is 11.5. The number of rotatable bonds is 5. The van der Waals surface area contributed by atoms with Crippen molar-refractivity contribution in [3.8, 4) is 28.2 Å². The largest absolute Gasteiger partial charge is 0.299 e. The summed E-state index contributed by atoms with van der Waals surface area (Å²) in [6.45, 7) is 3.43. The van der Waals surface area contributed by atoms with Crippen LogP contribution in [-0.2, 0) is 9.84 Å². The highest BCUT2D eigenvalue weighted by molar-refractivity contribution is 7.90. The number of ketones is 1. The Balaban J connectivity index is 1.81. The first-order chi connectivity index (χ1) is 15.1. The van der Waals surface area contributed by atoms with Crippen LogP contribution in [0, 0.1) is 6.92 Å². The summed E-state index contributed by atoms with van der Waals surface area (Å²) >= 11 is 6.48. The minimum atomic E-state index is -3.29. The first-order valence-electron chi connectivity index (χ1n) is 9.92. The Labute approximate surface area is 192 Å². The van der Waals surface area contributed by atoms with E-state index in [0.717, 1.165) is 27.9 Å². The molecule has 4 rings (SSSR count). The van der Waals surface area contributed by atoms with E-state index in [9.17, 15) is 13.2 Å². The number of aryl methyl sites for hydroxylation is 1. The molecule has 0 aliphatic rings. The summed E-state index contributed by atoms with van der Waals surface area (Å²) in [5.41, 5.74) is 4.56. The lowest BCUT2D eigenvalue weighted by Gasteiger charge is -2.12. The Bertz CT molecular complexity index is 1420. The topological polar surface area (TPSA) is 69.0 Å². The molecule has 0 amide bonds. The van der Waals surface area contributed by atoms with E-state index < -0.39 is 9.84 Å². The first-order valence-corrected chi connectivity index (χ1v) is 12.2. The number of imidazole rings is 1. The maximum atomic E-state index is 12.0. The summed E-state index contributed by atoms with van der Waals surface area (Å²) < 4.78 is 25.6. The maximum Gasteiger partial charge on any atom is 0.179 e. The van der Waals surface area contributed by atoms with Gasteiger partial charge in [0.05, 0.1) is 9.92 Å². The van der Waals surface area contributed by atoms with Gasteiger partial charge in [0, 0.05) is 30.6 Å². The van der Waals surface area contributed by atoms with E-state index in [0.29, 0.717) is 16.5 Å². The van der Waals surface area contributed by atoms with E-state index in [1.807, 2.05) is 54.0 Å². The summed E-state index contributed by atoms with van der Waals surface area (Å²) in [5, 5.41) is 0.557. The van der Waals surface area contributed by atoms with Crippen LogP contribution >= 0.6 is 11.6 Å². The SMILES string of the molecule is CC(=O)c1cn(-c2ccc(-c3cccc(S(C)(=O)=O)c3)cc2)c(-c2c(C)cccc2Cl)n1. The fourth-order valence-corrected chi connectivity index (χ4v) is 4.53. The molecule has 3 aromatic carbocycles. The average molecular weight is 465 g/mol. The van der Waals surface area contributed by atoms with Gasteiger partial charge in [0.25, 0.3) is 0 Å². The Morgan fingerprint density at radius 1 is 0.969 bits per heavy atom. The summed E-state index contributed by atoms with van der Waals surface area (Å²) in [5.74, 6) is 0.453. The van der Waals surface area contributed by atoms with Crippen molar-refractivity contribution < 1.29 is 13.2 Å². The molecular weight excluding hydrogens is 444 g/mol. The van der Waals surface area contributed by atoms with Crippen molar-refractivity contribution in [1.29, 1.82) is 0 Å². The van der Waals surface area contributed by atoms with Crippen molar-refractivity contribution in [3.63, 3.8) is 0 Å². The molecule has 0 atom stereocenters. The molecule has 0 unspecified atom stereocenters. The van der Waals surface area contributed by atoms with Crippen LogP contribution in [-0.4, -0.2) is 30.0 Å². The van der Waals surface area contributed by atoms with Crippen LogP contribution in [0.25, 0.3) is 28.2 Å². The molecule has 4 aromatic rings. The number of carbonyl (C=O) groups is 1. The molecule has 0 aliphatic carbocycles. The molecule has 0 saturated carbocycles. The lowest BCUT2D eigenvalue weighted by molar-refractivity contribution is 0.101. The van der Waals surface area contributed by atoms with Gasteiger partial charge < -0.3 is 0 Å². The van der Waals surface area contributed by atoms with Gasteiger partial charge in [-0.25, -0.2) is 13.4 Å². The van der Waals surface area contributed by atoms with E-state index in [1.54, 1.807) is 30.5 Å². The van der Waals surface area contributed by atoms with Gasteiger partial charge in [-0.05, 0) is 53.9 Å². The molecule has 0 fully saturated rings. The maximum absolute atomic E-state index is 12.0. The van der Waals surface area contributed by atoms with Crippen LogP contribution in [0.5, 0.6) is 0 Å². The van der Waals surface area contributed by atoms with Crippen molar-refractivity contribution in [2.75, 3.05) is 6.26 Å². The second kappa shape index (κ2) is 8.37. The smallest absolute Gasteiger partial charge is 0.179 e. The van der Waals surface area contributed by atoms with Crippen molar-refractivity contribution >= 4 is 27.2 Å². The molecule has 0 spiro atoms. The molecule has 162 valence electrons. The predicted molar refractivity (Wildman–Crippen MR) is 127 cm³/mol. The number of carbonyl (C=O) groups excluding carboxylic acids is 1. The fourth-order valence-electron chi connectivity index (χ4n) is 3.56.